The van der Waals surface area contributed by atoms with Gasteiger partial charge in [0.1, 0.15) is 6.07 Å². The summed E-state index contributed by atoms with van der Waals surface area (Å²) >= 11 is 0. The maximum Gasteiger partial charge on any atom is 0.101 e. The van der Waals surface area contributed by atoms with Crippen LogP contribution in [-0.4, -0.2) is 33.4 Å². The molecule has 1 aromatic carbocycles. The fraction of sp³-hybridized carbons (Fsp3) is 0.533. The van der Waals surface area contributed by atoms with Crippen LogP contribution in [0.1, 0.15) is 24.0 Å². The SMILES string of the molecule is COCCNCc1ccc(N2CCCC2)c(C#N)c1. The van der Waals surface area contributed by atoms with Crippen molar-refractivity contribution in [1.82, 2.24) is 5.32 Å². The van der Waals surface area contributed by atoms with E-state index in [4.69, 9.17) is 4.74 Å². The van der Waals surface area contributed by atoms with Crippen LogP contribution >= 0.6 is 0 Å². The molecule has 0 radical (unpaired) electrons. The number of anilines is 1. The Morgan fingerprint density at radius 1 is 1.37 bits per heavy atom. The molecule has 0 aliphatic carbocycles. The number of hydrogen-bond acceptors (Lipinski definition) is 4. The molecule has 0 saturated carbocycles. The van der Waals surface area contributed by atoms with E-state index >= 15 is 0 Å². The van der Waals surface area contributed by atoms with Crippen molar-refractivity contribution >= 4 is 5.69 Å². The van der Waals surface area contributed by atoms with Gasteiger partial charge in [-0.15, -0.1) is 0 Å². The van der Waals surface area contributed by atoms with Gasteiger partial charge in [0.15, 0.2) is 0 Å². The lowest BCUT2D eigenvalue weighted by atomic mass is 10.1. The molecular weight excluding hydrogens is 238 g/mol. The van der Waals surface area contributed by atoms with Gasteiger partial charge in [-0.05, 0) is 30.5 Å². The zero-order valence-electron chi connectivity index (χ0n) is 11.5. The first-order valence-electron chi connectivity index (χ1n) is 6.83. The Bertz CT molecular complexity index is 447. The van der Waals surface area contributed by atoms with Crippen molar-refractivity contribution in [2.24, 2.45) is 0 Å². The van der Waals surface area contributed by atoms with Crippen LogP contribution in [0.15, 0.2) is 18.2 Å². The first-order chi connectivity index (χ1) is 9.35. The van der Waals surface area contributed by atoms with Gasteiger partial charge < -0.3 is 15.0 Å². The molecule has 4 nitrogen and oxygen atoms in total. The fourth-order valence-corrected chi connectivity index (χ4v) is 2.42. The summed E-state index contributed by atoms with van der Waals surface area (Å²) in [5.41, 5.74) is 3.02. The van der Waals surface area contributed by atoms with Gasteiger partial charge >= 0.3 is 0 Å². The van der Waals surface area contributed by atoms with Crippen LogP contribution in [0.3, 0.4) is 0 Å². The predicted octanol–water partition coefficient (Wildman–Crippen LogP) is 1.89. The number of rotatable bonds is 6. The highest BCUT2D eigenvalue weighted by Crippen LogP contribution is 2.25. The monoisotopic (exact) mass is 259 g/mol. The lowest BCUT2D eigenvalue weighted by Crippen LogP contribution is -2.20. The Hall–Kier alpha value is -1.57. The maximum absolute atomic E-state index is 9.30. The summed E-state index contributed by atoms with van der Waals surface area (Å²) in [6.07, 6.45) is 2.45. The Morgan fingerprint density at radius 2 is 2.16 bits per heavy atom. The van der Waals surface area contributed by atoms with E-state index in [0.717, 1.165) is 43.0 Å². The molecule has 2 rings (SSSR count). The van der Waals surface area contributed by atoms with Crippen molar-refractivity contribution in [3.63, 3.8) is 0 Å². The third kappa shape index (κ3) is 3.69. The minimum atomic E-state index is 0.705. The number of benzene rings is 1. The predicted molar refractivity (Wildman–Crippen MR) is 76.2 cm³/mol. The molecule has 1 aromatic rings. The first-order valence-corrected chi connectivity index (χ1v) is 6.83. The molecule has 1 fully saturated rings. The maximum atomic E-state index is 9.30. The summed E-state index contributed by atoms with van der Waals surface area (Å²) in [5.74, 6) is 0. The second kappa shape index (κ2) is 7.13. The van der Waals surface area contributed by atoms with E-state index in [2.05, 4.69) is 28.4 Å². The van der Waals surface area contributed by atoms with E-state index in [1.807, 2.05) is 6.07 Å². The summed E-state index contributed by atoms with van der Waals surface area (Å²) < 4.78 is 4.99. The first kappa shape index (κ1) is 13.9. The molecule has 1 aliphatic heterocycles. The van der Waals surface area contributed by atoms with Crippen LogP contribution in [0.25, 0.3) is 0 Å². The largest absolute Gasteiger partial charge is 0.383 e. The smallest absolute Gasteiger partial charge is 0.101 e. The third-order valence-corrected chi connectivity index (χ3v) is 3.44. The zero-order chi connectivity index (χ0) is 13.5. The van der Waals surface area contributed by atoms with E-state index in [0.29, 0.717) is 6.61 Å². The minimum Gasteiger partial charge on any atom is -0.383 e. The van der Waals surface area contributed by atoms with Gasteiger partial charge in [0.2, 0.25) is 0 Å². The summed E-state index contributed by atoms with van der Waals surface area (Å²) in [5, 5.41) is 12.6. The summed E-state index contributed by atoms with van der Waals surface area (Å²) in [6.45, 7) is 4.45. The highest BCUT2D eigenvalue weighted by molar-refractivity contribution is 5.60. The van der Waals surface area contributed by atoms with Crippen molar-refractivity contribution in [3.8, 4) is 6.07 Å². The molecule has 19 heavy (non-hydrogen) atoms. The fourth-order valence-electron chi connectivity index (χ4n) is 2.42. The van der Waals surface area contributed by atoms with Crippen molar-refractivity contribution in [2.45, 2.75) is 19.4 Å². The molecule has 0 atom stereocenters. The number of hydrogen-bond donors (Lipinski definition) is 1. The molecule has 102 valence electrons. The van der Waals surface area contributed by atoms with Gasteiger partial charge in [-0.25, -0.2) is 0 Å². The third-order valence-electron chi connectivity index (χ3n) is 3.44. The van der Waals surface area contributed by atoms with Gasteiger partial charge in [0, 0.05) is 33.3 Å². The second-order valence-corrected chi connectivity index (χ2v) is 4.83. The van der Waals surface area contributed by atoms with Crippen molar-refractivity contribution in [3.05, 3.63) is 29.3 Å². The van der Waals surface area contributed by atoms with Crippen molar-refractivity contribution in [1.29, 1.82) is 5.26 Å². The topological polar surface area (TPSA) is 48.3 Å². The second-order valence-electron chi connectivity index (χ2n) is 4.83. The average Bonchev–Trinajstić information content (AvgIpc) is 2.97. The Morgan fingerprint density at radius 3 is 2.84 bits per heavy atom. The standard InChI is InChI=1S/C15H21N3O/c1-19-9-6-17-12-13-4-5-15(14(10-13)11-16)18-7-2-3-8-18/h4-5,10,17H,2-3,6-9,12H2,1H3. The Balaban J connectivity index is 2.01. The molecular formula is C15H21N3O. The molecule has 0 aromatic heterocycles. The molecule has 4 heteroatoms. The minimum absolute atomic E-state index is 0.705. The van der Waals surface area contributed by atoms with Gasteiger partial charge in [0.25, 0.3) is 0 Å². The van der Waals surface area contributed by atoms with Crippen LogP contribution < -0.4 is 10.2 Å². The highest BCUT2D eigenvalue weighted by atomic mass is 16.5. The number of methoxy groups -OCH3 is 1. The van der Waals surface area contributed by atoms with Gasteiger partial charge in [0.05, 0.1) is 17.9 Å². The molecule has 1 heterocycles. The van der Waals surface area contributed by atoms with E-state index in [-0.39, 0.29) is 0 Å². The average molecular weight is 259 g/mol. The molecule has 1 N–H and O–H groups in total. The highest BCUT2D eigenvalue weighted by Gasteiger charge is 2.15. The zero-order valence-corrected chi connectivity index (χ0v) is 11.5. The van der Waals surface area contributed by atoms with Gasteiger partial charge in [-0.2, -0.15) is 5.26 Å². The molecule has 1 saturated heterocycles. The van der Waals surface area contributed by atoms with E-state index in [9.17, 15) is 5.26 Å². The van der Waals surface area contributed by atoms with E-state index in [1.165, 1.54) is 12.8 Å². The van der Waals surface area contributed by atoms with Crippen molar-refractivity contribution < 1.29 is 4.74 Å². The van der Waals surface area contributed by atoms with Gasteiger partial charge in [-0.3, -0.25) is 0 Å². The van der Waals surface area contributed by atoms with Crippen LogP contribution in [0.2, 0.25) is 0 Å². The summed E-state index contributed by atoms with van der Waals surface area (Å²) in [6, 6.07) is 8.50. The Kier molecular flexibility index (Phi) is 5.20. The number of nitriles is 1. The number of nitrogens with one attached hydrogen (secondary N) is 1. The lowest BCUT2D eigenvalue weighted by Gasteiger charge is -2.19. The number of nitrogens with zero attached hydrogens (tertiary/aromatic N) is 2. The molecule has 1 aliphatic rings. The molecule has 0 spiro atoms. The van der Waals surface area contributed by atoms with E-state index < -0.39 is 0 Å². The van der Waals surface area contributed by atoms with Crippen LogP contribution in [-0.2, 0) is 11.3 Å². The summed E-state index contributed by atoms with van der Waals surface area (Å²) in [4.78, 5) is 2.31. The molecule has 0 amide bonds. The molecule has 0 bridgehead atoms. The lowest BCUT2D eigenvalue weighted by molar-refractivity contribution is 0.199. The van der Waals surface area contributed by atoms with Crippen LogP contribution in [0.5, 0.6) is 0 Å². The molecule has 0 unspecified atom stereocenters. The quantitative estimate of drug-likeness (QED) is 0.793. The van der Waals surface area contributed by atoms with E-state index in [1.54, 1.807) is 7.11 Å². The Labute approximate surface area is 115 Å². The van der Waals surface area contributed by atoms with Crippen molar-refractivity contribution in [2.75, 3.05) is 38.3 Å². The summed E-state index contributed by atoms with van der Waals surface area (Å²) in [7, 11) is 1.69. The van der Waals surface area contributed by atoms with Crippen LogP contribution in [0, 0.1) is 11.3 Å². The number of ether oxygens (including phenoxy) is 1. The van der Waals surface area contributed by atoms with Gasteiger partial charge in [-0.1, -0.05) is 6.07 Å². The normalized spacial score (nSPS) is 14.6. The van der Waals surface area contributed by atoms with Crippen LogP contribution in [0.4, 0.5) is 5.69 Å².